The highest BCUT2D eigenvalue weighted by molar-refractivity contribution is 7.90. The molecule has 0 spiro atoms. The first-order valence-electron chi connectivity index (χ1n) is 3.82. The molecule has 0 heterocycles. The Morgan fingerprint density at radius 2 is 1.80 bits per heavy atom. The van der Waals surface area contributed by atoms with Crippen LogP contribution < -0.4 is 5.46 Å². The van der Waals surface area contributed by atoms with Crippen LogP contribution in [0.25, 0.3) is 0 Å². The van der Waals surface area contributed by atoms with Gasteiger partial charge in [0.05, 0.1) is 4.90 Å². The molecule has 0 N–H and O–H groups in total. The molecule has 8 heteroatoms. The Balaban J connectivity index is 3.34. The average Bonchev–Trinajstić information content (AvgIpc) is 1.99. The van der Waals surface area contributed by atoms with Crippen molar-refractivity contribution in [2.24, 2.45) is 0 Å². The summed E-state index contributed by atoms with van der Waals surface area (Å²) in [6.07, 6.45) is 0.900. The number of rotatable bonds is 2. The predicted octanol–water partition coefficient (Wildman–Crippen LogP) is 1.80. The van der Waals surface area contributed by atoms with Crippen molar-refractivity contribution in [3.8, 4) is 0 Å². The second kappa shape index (κ2) is 3.71. The number of hydrogen-bond acceptors (Lipinski definition) is 2. The summed E-state index contributed by atoms with van der Waals surface area (Å²) in [5.41, 5.74) is -0.982. The first-order valence-corrected chi connectivity index (χ1v) is 6.09. The molecule has 1 aromatic rings. The molecule has 0 amide bonds. The Bertz CT molecular complexity index is 483. The highest BCUT2D eigenvalue weighted by atomic mass is 35.5. The second-order valence-corrected chi connectivity index (χ2v) is 5.45. The standard InChI is InChI=1S/C7H6BClF3O2S/c1-15(13,14)5-2-3-6(7(9)4-5)8(10,11)12/h2-4H,1H3/q-1. The molecule has 1 rings (SSSR count). The molecule has 2 nitrogen and oxygen atoms in total. The van der Waals surface area contributed by atoms with Crippen molar-refractivity contribution in [1.82, 2.24) is 0 Å². The van der Waals surface area contributed by atoms with Crippen molar-refractivity contribution < 1.29 is 21.4 Å². The summed E-state index contributed by atoms with van der Waals surface area (Å²) >= 11 is 5.35. The fourth-order valence-electron chi connectivity index (χ4n) is 1.00. The second-order valence-electron chi connectivity index (χ2n) is 3.03. The third kappa shape index (κ3) is 2.88. The van der Waals surface area contributed by atoms with Gasteiger partial charge in [0, 0.05) is 11.3 Å². The van der Waals surface area contributed by atoms with E-state index in [1.165, 1.54) is 0 Å². The van der Waals surface area contributed by atoms with Crippen LogP contribution >= 0.6 is 11.6 Å². The lowest BCUT2D eigenvalue weighted by molar-refractivity contribution is 0.501. The van der Waals surface area contributed by atoms with Gasteiger partial charge in [0.2, 0.25) is 0 Å². The van der Waals surface area contributed by atoms with Crippen molar-refractivity contribution >= 4 is 33.9 Å². The molecular weight excluding hydrogens is 251 g/mol. The summed E-state index contributed by atoms with van der Waals surface area (Å²) in [7, 11) is -3.53. The first-order chi connectivity index (χ1) is 6.62. The Labute approximate surface area is 90.0 Å². The summed E-state index contributed by atoms with van der Waals surface area (Å²) in [4.78, 5) is -0.226. The van der Waals surface area contributed by atoms with E-state index in [-0.39, 0.29) is 4.90 Å². The molecule has 84 valence electrons. The Morgan fingerprint density at radius 1 is 1.27 bits per heavy atom. The van der Waals surface area contributed by atoms with E-state index in [4.69, 9.17) is 11.6 Å². The molecule has 1 aromatic carbocycles. The van der Waals surface area contributed by atoms with Gasteiger partial charge in [-0.1, -0.05) is 23.1 Å². The maximum absolute atomic E-state index is 12.3. The topological polar surface area (TPSA) is 34.1 Å². The summed E-state index contributed by atoms with van der Waals surface area (Å²) < 4.78 is 58.9. The minimum Gasteiger partial charge on any atom is -0.445 e. The zero-order valence-corrected chi connectivity index (χ0v) is 9.12. The van der Waals surface area contributed by atoms with Gasteiger partial charge in [0.15, 0.2) is 9.84 Å². The van der Waals surface area contributed by atoms with E-state index in [0.717, 1.165) is 18.4 Å². The molecule has 0 aliphatic rings. The monoisotopic (exact) mass is 257 g/mol. The van der Waals surface area contributed by atoms with Gasteiger partial charge in [-0.05, 0) is 12.1 Å². The Morgan fingerprint density at radius 3 is 2.13 bits per heavy atom. The van der Waals surface area contributed by atoms with E-state index in [1.807, 2.05) is 0 Å². The summed E-state index contributed by atoms with van der Waals surface area (Å²) in [5.74, 6) is 0. The van der Waals surface area contributed by atoms with E-state index in [2.05, 4.69) is 0 Å². The van der Waals surface area contributed by atoms with Crippen LogP contribution in [0.5, 0.6) is 0 Å². The van der Waals surface area contributed by atoms with E-state index in [9.17, 15) is 21.4 Å². The van der Waals surface area contributed by atoms with Crippen molar-refractivity contribution in [3.05, 3.63) is 23.2 Å². The first kappa shape index (κ1) is 12.4. The van der Waals surface area contributed by atoms with Gasteiger partial charge in [0.1, 0.15) is 0 Å². The quantitative estimate of drug-likeness (QED) is 0.757. The van der Waals surface area contributed by atoms with Crippen LogP contribution in [0.3, 0.4) is 0 Å². The normalized spacial score (nSPS) is 12.9. The highest BCUT2D eigenvalue weighted by Crippen LogP contribution is 2.19. The smallest absolute Gasteiger partial charge is 0.445 e. The van der Waals surface area contributed by atoms with Crippen LogP contribution in [-0.4, -0.2) is 21.7 Å². The summed E-state index contributed by atoms with van der Waals surface area (Å²) in [5, 5.41) is -0.592. The molecule has 0 atom stereocenters. The van der Waals surface area contributed by atoms with Crippen LogP contribution in [0.2, 0.25) is 5.02 Å². The lowest BCUT2D eigenvalue weighted by Crippen LogP contribution is -2.34. The summed E-state index contributed by atoms with van der Waals surface area (Å²) in [6, 6.07) is 2.38. The minimum atomic E-state index is -5.21. The highest BCUT2D eigenvalue weighted by Gasteiger charge is 2.28. The molecule has 0 unspecified atom stereocenters. The minimum absolute atomic E-state index is 0.226. The third-order valence-corrected chi connectivity index (χ3v) is 3.19. The lowest BCUT2D eigenvalue weighted by Gasteiger charge is -2.16. The van der Waals surface area contributed by atoms with Crippen LogP contribution in [-0.2, 0) is 9.84 Å². The van der Waals surface area contributed by atoms with Gasteiger partial charge < -0.3 is 12.9 Å². The fourth-order valence-corrected chi connectivity index (χ4v) is 2.02. The van der Waals surface area contributed by atoms with Gasteiger partial charge in [-0.15, -0.1) is 0 Å². The fraction of sp³-hybridized carbons (Fsp3) is 0.143. The van der Waals surface area contributed by atoms with Gasteiger partial charge in [-0.2, -0.15) is 0 Å². The van der Waals surface area contributed by atoms with Crippen LogP contribution in [0.15, 0.2) is 23.1 Å². The maximum atomic E-state index is 12.3. The average molecular weight is 257 g/mol. The molecule has 0 saturated heterocycles. The van der Waals surface area contributed by atoms with Crippen molar-refractivity contribution in [3.63, 3.8) is 0 Å². The summed E-state index contributed by atoms with van der Waals surface area (Å²) in [6.45, 7) is -5.21. The Kier molecular flexibility index (Phi) is 3.07. The zero-order valence-electron chi connectivity index (χ0n) is 7.55. The SMILES string of the molecule is CS(=O)(=O)c1ccc([B-](F)(F)F)c(Cl)c1. The molecule has 0 fully saturated rings. The van der Waals surface area contributed by atoms with Gasteiger partial charge >= 0.3 is 6.98 Å². The predicted molar refractivity (Wildman–Crippen MR) is 53.3 cm³/mol. The van der Waals surface area contributed by atoms with E-state index in [1.54, 1.807) is 0 Å². The van der Waals surface area contributed by atoms with Crippen LogP contribution in [0, 0.1) is 0 Å². The largest absolute Gasteiger partial charge is 0.511 e. The molecular formula is C7H6BClF3O2S-. The number of sulfone groups is 1. The molecule has 0 aliphatic heterocycles. The zero-order chi connectivity index (χ0) is 11.9. The van der Waals surface area contributed by atoms with E-state index < -0.39 is 27.3 Å². The third-order valence-electron chi connectivity index (χ3n) is 1.75. The van der Waals surface area contributed by atoms with Crippen molar-refractivity contribution in [2.75, 3.05) is 6.26 Å². The molecule has 15 heavy (non-hydrogen) atoms. The van der Waals surface area contributed by atoms with Crippen molar-refractivity contribution in [1.29, 1.82) is 0 Å². The van der Waals surface area contributed by atoms with Crippen molar-refractivity contribution in [2.45, 2.75) is 4.90 Å². The molecule has 0 saturated carbocycles. The lowest BCUT2D eigenvalue weighted by atomic mass is 9.80. The van der Waals surface area contributed by atoms with Gasteiger partial charge in [-0.25, -0.2) is 8.42 Å². The van der Waals surface area contributed by atoms with E-state index >= 15 is 0 Å². The molecule has 0 aromatic heterocycles. The molecule has 0 aliphatic carbocycles. The van der Waals surface area contributed by atoms with E-state index in [0.29, 0.717) is 6.07 Å². The number of hydrogen-bond donors (Lipinski definition) is 0. The van der Waals surface area contributed by atoms with Gasteiger partial charge in [0.25, 0.3) is 0 Å². The maximum Gasteiger partial charge on any atom is 0.511 e. The number of benzene rings is 1. The van der Waals surface area contributed by atoms with Crippen LogP contribution in [0.1, 0.15) is 0 Å². The molecule has 0 bridgehead atoms. The Hall–Kier alpha value is -0.685. The van der Waals surface area contributed by atoms with Crippen LogP contribution in [0.4, 0.5) is 12.9 Å². The molecule has 0 radical (unpaired) electrons. The number of halogens is 4. The van der Waals surface area contributed by atoms with Gasteiger partial charge in [-0.3, -0.25) is 0 Å².